The molecule has 4 nitrogen and oxygen atoms in total. The van der Waals surface area contributed by atoms with Crippen LogP contribution in [0.25, 0.3) is 0 Å². The quantitative estimate of drug-likeness (QED) is 0.928. The fourth-order valence-electron chi connectivity index (χ4n) is 5.15. The van der Waals surface area contributed by atoms with Gasteiger partial charge in [0.1, 0.15) is 6.04 Å². The van der Waals surface area contributed by atoms with Crippen molar-refractivity contribution in [3.8, 4) is 0 Å². The molecule has 4 heteroatoms. The molecule has 0 saturated heterocycles. The maximum atomic E-state index is 13.0. The van der Waals surface area contributed by atoms with Crippen LogP contribution in [-0.2, 0) is 22.6 Å². The SMILES string of the molecule is CNC(=O)[C@H]1Cc2ccccc2CN1C(=O)C[C@@H]1C[C@H]2CC[C@H]1C2. The average Bonchev–Trinajstić information content (AvgIpc) is 3.22. The number of carbonyl (C=O) groups excluding carboxylic acids is 2. The van der Waals surface area contributed by atoms with Crippen LogP contribution >= 0.6 is 0 Å². The monoisotopic (exact) mass is 326 g/mol. The van der Waals surface area contributed by atoms with Crippen LogP contribution in [0.15, 0.2) is 24.3 Å². The summed E-state index contributed by atoms with van der Waals surface area (Å²) in [6.07, 6.45) is 6.43. The number of carbonyl (C=O) groups is 2. The third-order valence-corrected chi connectivity index (χ3v) is 6.44. The molecule has 2 amide bonds. The summed E-state index contributed by atoms with van der Waals surface area (Å²) in [6, 6.07) is 7.80. The van der Waals surface area contributed by atoms with Gasteiger partial charge in [0.2, 0.25) is 11.8 Å². The summed E-state index contributed by atoms with van der Waals surface area (Å²) < 4.78 is 0. The van der Waals surface area contributed by atoms with Crippen LogP contribution in [0, 0.1) is 17.8 Å². The normalized spacial score (nSPS) is 31.0. The Labute approximate surface area is 143 Å². The molecule has 0 radical (unpaired) electrons. The van der Waals surface area contributed by atoms with Crippen LogP contribution in [0.5, 0.6) is 0 Å². The van der Waals surface area contributed by atoms with Gasteiger partial charge in [0, 0.05) is 26.4 Å². The first-order chi connectivity index (χ1) is 11.7. The summed E-state index contributed by atoms with van der Waals surface area (Å²) in [5.41, 5.74) is 2.37. The molecular weight excluding hydrogens is 300 g/mol. The van der Waals surface area contributed by atoms with Gasteiger partial charge in [0.15, 0.2) is 0 Å². The highest BCUT2D eigenvalue weighted by atomic mass is 16.2. The summed E-state index contributed by atoms with van der Waals surface area (Å²) in [5.74, 6) is 2.25. The van der Waals surface area contributed by atoms with Gasteiger partial charge in [-0.3, -0.25) is 9.59 Å². The first kappa shape index (κ1) is 15.7. The molecule has 4 atom stereocenters. The summed E-state index contributed by atoms with van der Waals surface area (Å²) in [5, 5.41) is 2.74. The van der Waals surface area contributed by atoms with E-state index in [1.165, 1.54) is 36.8 Å². The van der Waals surface area contributed by atoms with Crippen molar-refractivity contribution in [1.82, 2.24) is 10.2 Å². The molecule has 2 aliphatic carbocycles. The maximum Gasteiger partial charge on any atom is 0.242 e. The van der Waals surface area contributed by atoms with E-state index in [1.807, 2.05) is 17.0 Å². The van der Waals surface area contributed by atoms with Crippen molar-refractivity contribution in [2.45, 2.75) is 51.1 Å². The van der Waals surface area contributed by atoms with Crippen LogP contribution in [0.3, 0.4) is 0 Å². The Balaban J connectivity index is 1.52. The second-order valence-electron chi connectivity index (χ2n) is 7.76. The molecule has 4 rings (SSSR count). The van der Waals surface area contributed by atoms with E-state index >= 15 is 0 Å². The molecule has 24 heavy (non-hydrogen) atoms. The van der Waals surface area contributed by atoms with E-state index in [2.05, 4.69) is 17.4 Å². The molecular formula is C20H26N2O2. The Hall–Kier alpha value is -1.84. The van der Waals surface area contributed by atoms with E-state index in [9.17, 15) is 9.59 Å². The Morgan fingerprint density at radius 2 is 1.96 bits per heavy atom. The zero-order chi connectivity index (χ0) is 16.7. The van der Waals surface area contributed by atoms with Crippen LogP contribution in [0.2, 0.25) is 0 Å². The largest absolute Gasteiger partial charge is 0.357 e. The number of rotatable bonds is 3. The Kier molecular flexibility index (Phi) is 4.07. The molecule has 0 spiro atoms. The van der Waals surface area contributed by atoms with Gasteiger partial charge in [-0.15, -0.1) is 0 Å². The van der Waals surface area contributed by atoms with Gasteiger partial charge in [-0.25, -0.2) is 0 Å². The zero-order valence-electron chi connectivity index (χ0n) is 14.3. The number of nitrogens with one attached hydrogen (secondary N) is 1. The average molecular weight is 326 g/mol. The highest BCUT2D eigenvalue weighted by Crippen LogP contribution is 2.49. The first-order valence-electron chi connectivity index (χ1n) is 9.23. The van der Waals surface area contributed by atoms with E-state index in [0.29, 0.717) is 25.3 Å². The third kappa shape index (κ3) is 2.72. The third-order valence-electron chi connectivity index (χ3n) is 6.44. The molecule has 2 bridgehead atoms. The summed E-state index contributed by atoms with van der Waals surface area (Å²) >= 11 is 0. The Morgan fingerprint density at radius 1 is 1.17 bits per heavy atom. The molecule has 0 aromatic heterocycles. The molecule has 2 fully saturated rings. The van der Waals surface area contributed by atoms with E-state index in [-0.39, 0.29) is 17.9 Å². The number of fused-ring (bicyclic) bond motifs is 3. The predicted molar refractivity (Wildman–Crippen MR) is 92.1 cm³/mol. The molecule has 2 saturated carbocycles. The number of likely N-dealkylation sites (N-methyl/N-ethyl adjacent to an activating group) is 1. The van der Waals surface area contributed by atoms with E-state index in [1.54, 1.807) is 7.05 Å². The zero-order valence-corrected chi connectivity index (χ0v) is 14.3. The minimum Gasteiger partial charge on any atom is -0.357 e. The lowest BCUT2D eigenvalue weighted by molar-refractivity contribution is -0.142. The molecule has 0 unspecified atom stereocenters. The fraction of sp³-hybridized carbons (Fsp3) is 0.600. The number of nitrogens with zero attached hydrogens (tertiary/aromatic N) is 1. The van der Waals surface area contributed by atoms with E-state index in [4.69, 9.17) is 0 Å². The van der Waals surface area contributed by atoms with Crippen molar-refractivity contribution in [2.24, 2.45) is 17.8 Å². The number of hydrogen-bond acceptors (Lipinski definition) is 2. The van der Waals surface area contributed by atoms with Crippen molar-refractivity contribution >= 4 is 11.8 Å². The molecule has 1 aromatic rings. The van der Waals surface area contributed by atoms with Crippen LogP contribution in [0.1, 0.15) is 43.2 Å². The lowest BCUT2D eigenvalue weighted by atomic mass is 9.85. The second-order valence-corrected chi connectivity index (χ2v) is 7.76. The second kappa shape index (κ2) is 6.23. The van der Waals surface area contributed by atoms with Crippen LogP contribution in [0.4, 0.5) is 0 Å². The Bertz CT molecular complexity index is 657. The smallest absolute Gasteiger partial charge is 0.242 e. The number of amides is 2. The van der Waals surface area contributed by atoms with Crippen molar-refractivity contribution in [1.29, 1.82) is 0 Å². The maximum absolute atomic E-state index is 13.0. The van der Waals surface area contributed by atoms with Crippen molar-refractivity contribution < 1.29 is 9.59 Å². The lowest BCUT2D eigenvalue weighted by Gasteiger charge is -2.37. The van der Waals surface area contributed by atoms with E-state index in [0.717, 1.165) is 11.8 Å². The van der Waals surface area contributed by atoms with Gasteiger partial charge in [-0.1, -0.05) is 30.7 Å². The van der Waals surface area contributed by atoms with Crippen molar-refractivity contribution in [2.75, 3.05) is 7.05 Å². The minimum atomic E-state index is -0.365. The van der Waals surface area contributed by atoms with Crippen LogP contribution in [-0.4, -0.2) is 29.8 Å². The van der Waals surface area contributed by atoms with E-state index < -0.39 is 0 Å². The minimum absolute atomic E-state index is 0.0502. The Morgan fingerprint density at radius 3 is 2.62 bits per heavy atom. The lowest BCUT2D eigenvalue weighted by Crippen LogP contribution is -2.52. The number of hydrogen-bond donors (Lipinski definition) is 1. The molecule has 1 aliphatic heterocycles. The fourth-order valence-corrected chi connectivity index (χ4v) is 5.15. The van der Waals surface area contributed by atoms with Gasteiger partial charge in [-0.2, -0.15) is 0 Å². The molecule has 128 valence electrons. The van der Waals surface area contributed by atoms with Gasteiger partial charge in [0.25, 0.3) is 0 Å². The molecule has 1 N–H and O–H groups in total. The topological polar surface area (TPSA) is 49.4 Å². The predicted octanol–water partition coefficient (Wildman–Crippen LogP) is 2.51. The van der Waals surface area contributed by atoms with Gasteiger partial charge in [-0.05, 0) is 48.1 Å². The van der Waals surface area contributed by atoms with Gasteiger partial charge >= 0.3 is 0 Å². The highest BCUT2D eigenvalue weighted by Gasteiger charge is 2.42. The summed E-state index contributed by atoms with van der Waals surface area (Å²) in [6.45, 7) is 0.563. The van der Waals surface area contributed by atoms with Gasteiger partial charge in [0.05, 0.1) is 0 Å². The molecule has 1 heterocycles. The van der Waals surface area contributed by atoms with Crippen molar-refractivity contribution in [3.63, 3.8) is 0 Å². The van der Waals surface area contributed by atoms with Gasteiger partial charge < -0.3 is 10.2 Å². The standard InChI is InChI=1S/C20H26N2O2/c1-21-20(24)18-10-14-4-2-3-5-16(14)12-22(18)19(23)11-17-9-13-6-7-15(17)8-13/h2-5,13,15,17-18H,6-12H2,1H3,(H,21,24)/t13-,15-,17-,18+/m0/s1. The summed E-state index contributed by atoms with van der Waals surface area (Å²) in [4.78, 5) is 27.2. The highest BCUT2D eigenvalue weighted by molar-refractivity contribution is 5.88. The molecule has 1 aromatic carbocycles. The molecule has 3 aliphatic rings. The first-order valence-corrected chi connectivity index (χ1v) is 9.23. The summed E-state index contributed by atoms with van der Waals surface area (Å²) in [7, 11) is 1.65. The van der Waals surface area contributed by atoms with Crippen LogP contribution < -0.4 is 5.32 Å². The number of benzene rings is 1. The van der Waals surface area contributed by atoms with Crippen molar-refractivity contribution in [3.05, 3.63) is 35.4 Å².